The number of halogens is 1. The van der Waals surface area contributed by atoms with Crippen molar-refractivity contribution in [1.29, 1.82) is 0 Å². The van der Waals surface area contributed by atoms with Gasteiger partial charge in [0, 0.05) is 18.4 Å². The zero-order valence-electron chi connectivity index (χ0n) is 11.6. The van der Waals surface area contributed by atoms with Gasteiger partial charge in [-0.15, -0.1) is 0 Å². The number of pyridine rings is 1. The molecule has 0 saturated heterocycles. The second-order valence-corrected chi connectivity index (χ2v) is 4.93. The van der Waals surface area contributed by atoms with Gasteiger partial charge in [-0.05, 0) is 29.8 Å². The first-order valence-electron chi connectivity index (χ1n) is 6.58. The molecule has 2 aromatic rings. The summed E-state index contributed by atoms with van der Waals surface area (Å²) in [4.78, 5) is 3.95. The van der Waals surface area contributed by atoms with E-state index in [-0.39, 0.29) is 0 Å². The lowest BCUT2D eigenvalue weighted by Crippen LogP contribution is -2.16. The first-order chi connectivity index (χ1) is 10.3. The van der Waals surface area contributed by atoms with Crippen LogP contribution in [0.1, 0.15) is 5.56 Å². The van der Waals surface area contributed by atoms with Gasteiger partial charge >= 0.3 is 0 Å². The standard InChI is InChI=1S/C15H15ClN2O3/c1-19-12-6-10(7-13-15(12)21-5-4-20-13)9-18-11-2-3-17-14(16)8-11/h2-3,6-8H,4-5,9H2,1H3,(H,17,18). The molecule has 6 heteroatoms. The van der Waals surface area contributed by atoms with Crippen molar-refractivity contribution in [2.75, 3.05) is 25.6 Å². The van der Waals surface area contributed by atoms with Gasteiger partial charge in [-0.2, -0.15) is 0 Å². The number of nitrogens with one attached hydrogen (secondary N) is 1. The van der Waals surface area contributed by atoms with Crippen LogP contribution in [-0.2, 0) is 6.54 Å². The van der Waals surface area contributed by atoms with Gasteiger partial charge in [0.2, 0.25) is 5.75 Å². The normalized spacial score (nSPS) is 12.9. The molecule has 1 aliphatic heterocycles. The number of methoxy groups -OCH3 is 1. The van der Waals surface area contributed by atoms with E-state index in [1.807, 2.05) is 18.2 Å². The second-order valence-electron chi connectivity index (χ2n) is 4.54. The van der Waals surface area contributed by atoms with Crippen LogP contribution in [0.4, 0.5) is 5.69 Å². The van der Waals surface area contributed by atoms with Crippen molar-refractivity contribution >= 4 is 17.3 Å². The summed E-state index contributed by atoms with van der Waals surface area (Å²) in [6.07, 6.45) is 1.66. The summed E-state index contributed by atoms with van der Waals surface area (Å²) < 4.78 is 16.6. The van der Waals surface area contributed by atoms with E-state index in [1.54, 1.807) is 19.4 Å². The lowest BCUT2D eigenvalue weighted by atomic mass is 10.1. The summed E-state index contributed by atoms with van der Waals surface area (Å²) in [6.45, 7) is 1.71. The highest BCUT2D eigenvalue weighted by molar-refractivity contribution is 6.29. The van der Waals surface area contributed by atoms with Gasteiger partial charge in [0.05, 0.1) is 7.11 Å². The zero-order chi connectivity index (χ0) is 14.7. The predicted octanol–water partition coefficient (Wildman–Crippen LogP) is 3.13. The van der Waals surface area contributed by atoms with Crippen molar-refractivity contribution in [3.05, 3.63) is 41.2 Å². The van der Waals surface area contributed by atoms with E-state index in [4.69, 9.17) is 25.8 Å². The molecule has 21 heavy (non-hydrogen) atoms. The second kappa shape index (κ2) is 6.10. The molecule has 0 bridgehead atoms. The molecular formula is C15H15ClN2O3. The van der Waals surface area contributed by atoms with Crippen LogP contribution in [0.25, 0.3) is 0 Å². The summed E-state index contributed by atoms with van der Waals surface area (Å²) in [6, 6.07) is 7.52. The molecule has 0 aliphatic carbocycles. The maximum Gasteiger partial charge on any atom is 0.203 e. The minimum Gasteiger partial charge on any atom is -0.493 e. The molecule has 0 unspecified atom stereocenters. The van der Waals surface area contributed by atoms with Gasteiger partial charge in [-0.1, -0.05) is 11.6 Å². The molecule has 1 aromatic heterocycles. The maximum atomic E-state index is 5.86. The fraction of sp³-hybridized carbons (Fsp3) is 0.267. The number of ether oxygens (including phenoxy) is 3. The van der Waals surface area contributed by atoms with E-state index in [9.17, 15) is 0 Å². The Hall–Kier alpha value is -2.14. The van der Waals surface area contributed by atoms with E-state index in [0.29, 0.717) is 42.2 Å². The average Bonchev–Trinajstić information content (AvgIpc) is 2.52. The highest BCUT2D eigenvalue weighted by Gasteiger charge is 2.18. The van der Waals surface area contributed by atoms with Crippen molar-refractivity contribution in [3.8, 4) is 17.2 Å². The van der Waals surface area contributed by atoms with Crippen LogP contribution in [0.5, 0.6) is 17.2 Å². The van der Waals surface area contributed by atoms with Crippen molar-refractivity contribution in [2.45, 2.75) is 6.54 Å². The summed E-state index contributed by atoms with van der Waals surface area (Å²) in [7, 11) is 1.62. The Morgan fingerprint density at radius 1 is 1.29 bits per heavy atom. The summed E-state index contributed by atoms with van der Waals surface area (Å²) in [5.74, 6) is 2.06. The molecule has 1 aliphatic rings. The highest BCUT2D eigenvalue weighted by Crippen LogP contribution is 2.40. The van der Waals surface area contributed by atoms with E-state index in [2.05, 4.69) is 10.3 Å². The van der Waals surface area contributed by atoms with E-state index in [0.717, 1.165) is 11.3 Å². The lowest BCUT2D eigenvalue weighted by molar-refractivity contribution is 0.165. The number of aromatic nitrogens is 1. The smallest absolute Gasteiger partial charge is 0.203 e. The predicted molar refractivity (Wildman–Crippen MR) is 80.6 cm³/mol. The average molecular weight is 307 g/mol. The molecule has 1 aromatic carbocycles. The van der Waals surface area contributed by atoms with Gasteiger partial charge < -0.3 is 19.5 Å². The molecule has 3 rings (SSSR count). The van der Waals surface area contributed by atoms with Gasteiger partial charge in [0.15, 0.2) is 11.5 Å². The van der Waals surface area contributed by atoms with Crippen molar-refractivity contribution in [1.82, 2.24) is 4.98 Å². The van der Waals surface area contributed by atoms with E-state index < -0.39 is 0 Å². The van der Waals surface area contributed by atoms with Crippen LogP contribution in [-0.4, -0.2) is 25.3 Å². The van der Waals surface area contributed by atoms with Gasteiger partial charge in [-0.3, -0.25) is 0 Å². The van der Waals surface area contributed by atoms with Gasteiger partial charge in [-0.25, -0.2) is 4.98 Å². The molecule has 0 spiro atoms. The van der Waals surface area contributed by atoms with Crippen molar-refractivity contribution in [3.63, 3.8) is 0 Å². The molecular weight excluding hydrogens is 292 g/mol. The number of hydrogen-bond acceptors (Lipinski definition) is 5. The number of rotatable bonds is 4. The minimum absolute atomic E-state index is 0.458. The Kier molecular flexibility index (Phi) is 4.01. The first-order valence-corrected chi connectivity index (χ1v) is 6.96. The van der Waals surface area contributed by atoms with Crippen LogP contribution >= 0.6 is 11.6 Å². The fourth-order valence-electron chi connectivity index (χ4n) is 2.15. The third kappa shape index (κ3) is 3.13. The van der Waals surface area contributed by atoms with Crippen LogP contribution in [0.15, 0.2) is 30.5 Å². The quantitative estimate of drug-likeness (QED) is 0.880. The summed E-state index contributed by atoms with van der Waals surface area (Å²) in [5.41, 5.74) is 1.94. The Bertz CT molecular complexity index is 632. The molecule has 1 N–H and O–H groups in total. The molecule has 0 fully saturated rings. The number of benzene rings is 1. The third-order valence-electron chi connectivity index (χ3n) is 3.11. The Morgan fingerprint density at radius 3 is 2.95 bits per heavy atom. The Labute approximate surface area is 127 Å². The fourth-order valence-corrected chi connectivity index (χ4v) is 2.32. The molecule has 0 amide bonds. The van der Waals surface area contributed by atoms with Gasteiger partial charge in [0.1, 0.15) is 18.4 Å². The molecule has 0 radical (unpaired) electrons. The number of anilines is 1. The number of nitrogens with zero attached hydrogens (tertiary/aromatic N) is 1. The maximum absolute atomic E-state index is 5.86. The third-order valence-corrected chi connectivity index (χ3v) is 3.32. The van der Waals surface area contributed by atoms with E-state index >= 15 is 0 Å². The van der Waals surface area contributed by atoms with Crippen LogP contribution in [0.2, 0.25) is 5.15 Å². The van der Waals surface area contributed by atoms with Crippen molar-refractivity contribution in [2.24, 2.45) is 0 Å². The van der Waals surface area contributed by atoms with E-state index in [1.165, 1.54) is 0 Å². The van der Waals surface area contributed by atoms with Crippen molar-refractivity contribution < 1.29 is 14.2 Å². The largest absolute Gasteiger partial charge is 0.493 e. The Balaban J connectivity index is 1.79. The Morgan fingerprint density at radius 2 is 2.14 bits per heavy atom. The van der Waals surface area contributed by atoms with Crippen LogP contribution in [0, 0.1) is 0 Å². The zero-order valence-corrected chi connectivity index (χ0v) is 12.3. The summed E-state index contributed by atoms with van der Waals surface area (Å²) >= 11 is 5.86. The number of hydrogen-bond donors (Lipinski definition) is 1. The molecule has 0 saturated carbocycles. The van der Waals surface area contributed by atoms with Crippen LogP contribution in [0.3, 0.4) is 0 Å². The minimum atomic E-state index is 0.458. The topological polar surface area (TPSA) is 52.6 Å². The molecule has 0 atom stereocenters. The summed E-state index contributed by atoms with van der Waals surface area (Å²) in [5, 5.41) is 3.74. The number of fused-ring (bicyclic) bond motifs is 1. The molecule has 2 heterocycles. The van der Waals surface area contributed by atoms with Gasteiger partial charge in [0.25, 0.3) is 0 Å². The monoisotopic (exact) mass is 306 g/mol. The first kappa shape index (κ1) is 13.8. The SMILES string of the molecule is COc1cc(CNc2ccnc(Cl)c2)cc2c1OCCO2. The van der Waals surface area contributed by atoms with Crippen LogP contribution < -0.4 is 19.5 Å². The molecule has 110 valence electrons. The molecule has 5 nitrogen and oxygen atoms in total. The lowest BCUT2D eigenvalue weighted by Gasteiger charge is -2.21. The highest BCUT2D eigenvalue weighted by atomic mass is 35.5.